The van der Waals surface area contributed by atoms with E-state index >= 15 is 0 Å². The summed E-state index contributed by atoms with van der Waals surface area (Å²) in [5.41, 5.74) is -0.810. The summed E-state index contributed by atoms with van der Waals surface area (Å²) < 4.78 is 43.6. The summed E-state index contributed by atoms with van der Waals surface area (Å²) in [6.45, 7) is 0.922. The minimum Gasteiger partial charge on any atom is -0.487 e. The molecule has 0 heterocycles. The molecule has 21 heavy (non-hydrogen) atoms. The van der Waals surface area contributed by atoms with E-state index in [2.05, 4.69) is 5.32 Å². The zero-order chi connectivity index (χ0) is 14.9. The molecule has 0 atom stereocenters. The van der Waals surface area contributed by atoms with Gasteiger partial charge in [-0.1, -0.05) is 0 Å². The highest BCUT2D eigenvalue weighted by Crippen LogP contribution is 2.40. The normalized spacial score (nSPS) is 20.9. The lowest BCUT2D eigenvalue weighted by Gasteiger charge is -2.42. The third-order valence-electron chi connectivity index (χ3n) is 4.37. The third kappa shape index (κ3) is 3.70. The zero-order valence-electron chi connectivity index (χ0n) is 11.9. The smallest absolute Gasteiger partial charge is 0.416 e. The second-order valence-electron chi connectivity index (χ2n) is 6.14. The lowest BCUT2D eigenvalue weighted by atomic mass is 9.77. The first kappa shape index (κ1) is 14.7. The zero-order valence-corrected chi connectivity index (χ0v) is 11.9. The van der Waals surface area contributed by atoms with E-state index in [-0.39, 0.29) is 5.60 Å². The molecule has 0 bridgehead atoms. The van der Waals surface area contributed by atoms with Gasteiger partial charge in [-0.15, -0.1) is 0 Å². The van der Waals surface area contributed by atoms with Gasteiger partial charge in [-0.2, -0.15) is 13.2 Å². The van der Waals surface area contributed by atoms with Crippen molar-refractivity contribution in [3.8, 4) is 5.75 Å². The van der Waals surface area contributed by atoms with Crippen LogP contribution in [0, 0.1) is 0 Å². The second kappa shape index (κ2) is 5.52. The maximum atomic E-state index is 12.5. The van der Waals surface area contributed by atoms with Crippen molar-refractivity contribution in [2.45, 2.75) is 56.3 Å². The molecule has 0 spiro atoms. The van der Waals surface area contributed by atoms with Gasteiger partial charge in [0.05, 0.1) is 5.56 Å². The molecular weight excluding hydrogens is 279 g/mol. The molecule has 0 aliphatic heterocycles. The summed E-state index contributed by atoms with van der Waals surface area (Å²) in [6.07, 6.45) is 2.25. The quantitative estimate of drug-likeness (QED) is 0.852. The SMILES string of the molecule is FC(F)(F)c1ccc(OC2(CCNC3CC3)CCC2)cc1. The lowest BCUT2D eigenvalue weighted by molar-refractivity contribution is -0.137. The molecule has 1 aromatic rings. The van der Waals surface area contributed by atoms with Crippen LogP contribution in [0.4, 0.5) is 13.2 Å². The van der Waals surface area contributed by atoms with Gasteiger partial charge >= 0.3 is 6.18 Å². The average Bonchev–Trinajstić information content (AvgIpc) is 3.19. The minimum atomic E-state index is -4.29. The van der Waals surface area contributed by atoms with E-state index in [4.69, 9.17) is 4.74 Å². The molecule has 0 saturated heterocycles. The van der Waals surface area contributed by atoms with E-state index in [1.807, 2.05) is 0 Å². The van der Waals surface area contributed by atoms with Gasteiger partial charge in [0.15, 0.2) is 0 Å². The summed E-state index contributed by atoms with van der Waals surface area (Å²) in [4.78, 5) is 0. The third-order valence-corrected chi connectivity index (χ3v) is 4.37. The molecule has 2 aliphatic rings. The van der Waals surface area contributed by atoms with E-state index in [1.54, 1.807) is 0 Å². The van der Waals surface area contributed by atoms with Crippen molar-refractivity contribution < 1.29 is 17.9 Å². The molecule has 5 heteroatoms. The summed E-state index contributed by atoms with van der Waals surface area (Å²) in [7, 11) is 0. The molecule has 3 rings (SSSR count). The fourth-order valence-electron chi connectivity index (χ4n) is 2.73. The largest absolute Gasteiger partial charge is 0.487 e. The van der Waals surface area contributed by atoms with Gasteiger partial charge in [-0.25, -0.2) is 0 Å². The maximum absolute atomic E-state index is 12.5. The molecule has 0 radical (unpaired) electrons. The Balaban J connectivity index is 1.57. The van der Waals surface area contributed by atoms with Crippen molar-refractivity contribution in [2.24, 2.45) is 0 Å². The fraction of sp³-hybridized carbons (Fsp3) is 0.625. The topological polar surface area (TPSA) is 21.3 Å². The number of ether oxygens (including phenoxy) is 1. The molecule has 2 aliphatic carbocycles. The molecule has 2 nitrogen and oxygen atoms in total. The van der Waals surface area contributed by atoms with Crippen LogP contribution in [0.3, 0.4) is 0 Å². The molecule has 2 fully saturated rings. The molecule has 2 saturated carbocycles. The van der Waals surface area contributed by atoms with Crippen LogP contribution in [0.2, 0.25) is 0 Å². The second-order valence-corrected chi connectivity index (χ2v) is 6.14. The summed E-state index contributed by atoms with van der Waals surface area (Å²) >= 11 is 0. The first-order valence-electron chi connectivity index (χ1n) is 7.57. The first-order valence-corrected chi connectivity index (χ1v) is 7.57. The number of hydrogen-bond acceptors (Lipinski definition) is 2. The minimum absolute atomic E-state index is 0.179. The summed E-state index contributed by atoms with van der Waals surface area (Å²) in [5, 5.41) is 3.47. The van der Waals surface area contributed by atoms with Crippen LogP contribution in [0.1, 0.15) is 44.1 Å². The predicted molar refractivity (Wildman–Crippen MR) is 74.3 cm³/mol. The molecule has 0 amide bonds. The molecule has 0 aromatic heterocycles. The Morgan fingerprint density at radius 3 is 2.29 bits per heavy atom. The van der Waals surface area contributed by atoms with Crippen LogP contribution in [0.25, 0.3) is 0 Å². The van der Waals surface area contributed by atoms with Gasteiger partial charge in [0, 0.05) is 6.04 Å². The number of hydrogen-bond donors (Lipinski definition) is 1. The van der Waals surface area contributed by atoms with Crippen LogP contribution < -0.4 is 10.1 Å². The Hall–Kier alpha value is -1.23. The van der Waals surface area contributed by atoms with Gasteiger partial charge in [0.1, 0.15) is 11.4 Å². The van der Waals surface area contributed by atoms with Crippen LogP contribution in [0.5, 0.6) is 5.75 Å². The molecule has 1 N–H and O–H groups in total. The Morgan fingerprint density at radius 2 is 1.81 bits per heavy atom. The van der Waals surface area contributed by atoms with Crippen molar-refractivity contribution in [1.29, 1.82) is 0 Å². The average molecular weight is 299 g/mol. The number of halogens is 3. The van der Waals surface area contributed by atoms with Crippen molar-refractivity contribution in [1.82, 2.24) is 5.32 Å². The van der Waals surface area contributed by atoms with E-state index in [0.717, 1.165) is 44.4 Å². The highest BCUT2D eigenvalue weighted by molar-refractivity contribution is 5.29. The van der Waals surface area contributed by atoms with Gasteiger partial charge < -0.3 is 10.1 Å². The fourth-order valence-corrected chi connectivity index (χ4v) is 2.73. The number of nitrogens with one attached hydrogen (secondary N) is 1. The van der Waals surface area contributed by atoms with E-state index < -0.39 is 11.7 Å². The van der Waals surface area contributed by atoms with Crippen molar-refractivity contribution in [3.63, 3.8) is 0 Å². The maximum Gasteiger partial charge on any atom is 0.416 e. The number of benzene rings is 1. The van der Waals surface area contributed by atoms with E-state index in [1.165, 1.54) is 25.0 Å². The Morgan fingerprint density at radius 1 is 1.14 bits per heavy atom. The number of rotatable bonds is 6. The highest BCUT2D eigenvalue weighted by Gasteiger charge is 2.39. The first-order chi connectivity index (χ1) is 9.97. The number of alkyl halides is 3. The highest BCUT2D eigenvalue weighted by atomic mass is 19.4. The van der Waals surface area contributed by atoms with E-state index in [9.17, 15) is 13.2 Å². The summed E-state index contributed by atoms with van der Waals surface area (Å²) in [5.74, 6) is 0.536. The van der Waals surface area contributed by atoms with Crippen molar-refractivity contribution in [3.05, 3.63) is 29.8 Å². The van der Waals surface area contributed by atoms with Gasteiger partial charge in [-0.3, -0.25) is 0 Å². The van der Waals surface area contributed by atoms with Gasteiger partial charge in [0.25, 0.3) is 0 Å². The van der Waals surface area contributed by atoms with Gasteiger partial charge in [-0.05, 0) is 69.3 Å². The van der Waals surface area contributed by atoms with Crippen LogP contribution in [0.15, 0.2) is 24.3 Å². The Bertz CT molecular complexity index is 475. The van der Waals surface area contributed by atoms with Crippen LogP contribution in [-0.4, -0.2) is 18.2 Å². The van der Waals surface area contributed by atoms with Crippen molar-refractivity contribution in [2.75, 3.05) is 6.54 Å². The standard InChI is InChI=1S/C16H20F3NO/c17-16(18,19)12-2-6-14(7-3-12)21-15(8-1-9-15)10-11-20-13-4-5-13/h2-3,6-7,13,20H,1,4-5,8-11H2. The Labute approximate surface area is 122 Å². The monoisotopic (exact) mass is 299 g/mol. The van der Waals surface area contributed by atoms with Crippen LogP contribution in [-0.2, 0) is 6.18 Å². The Kier molecular flexibility index (Phi) is 3.86. The molecule has 0 unspecified atom stereocenters. The van der Waals surface area contributed by atoms with Crippen molar-refractivity contribution >= 4 is 0 Å². The predicted octanol–water partition coefficient (Wildman–Crippen LogP) is 4.15. The van der Waals surface area contributed by atoms with Crippen LogP contribution >= 0.6 is 0 Å². The summed E-state index contributed by atoms with van der Waals surface area (Å²) in [6, 6.07) is 5.70. The molecule has 1 aromatic carbocycles. The molecular formula is C16H20F3NO. The molecule has 116 valence electrons. The lowest BCUT2D eigenvalue weighted by Crippen LogP contribution is -2.45. The van der Waals surface area contributed by atoms with Gasteiger partial charge in [0.2, 0.25) is 0 Å². The van der Waals surface area contributed by atoms with E-state index in [0.29, 0.717) is 11.8 Å².